The normalized spacial score (nSPS) is 15.4. The maximum atomic E-state index is 5.47. The van der Waals surface area contributed by atoms with Gasteiger partial charge in [0.2, 0.25) is 0 Å². The van der Waals surface area contributed by atoms with Gasteiger partial charge in [0, 0.05) is 46.3 Å². The third kappa shape index (κ3) is 7.13. The van der Waals surface area contributed by atoms with Gasteiger partial charge in [-0.1, -0.05) is 48.5 Å². The van der Waals surface area contributed by atoms with Gasteiger partial charge in [-0.05, 0) is 36.3 Å². The van der Waals surface area contributed by atoms with Crippen LogP contribution in [-0.4, -0.2) is 63.2 Å². The van der Waals surface area contributed by atoms with E-state index in [1.165, 1.54) is 22.3 Å². The molecule has 0 atom stereocenters. The fraction of sp³-hybridized carbons (Fsp3) is 0.458. The zero-order chi connectivity index (χ0) is 21.2. The van der Waals surface area contributed by atoms with Crippen LogP contribution in [0, 0.1) is 0 Å². The van der Waals surface area contributed by atoms with Crippen molar-refractivity contribution in [3.63, 3.8) is 0 Å². The zero-order valence-electron chi connectivity index (χ0n) is 18.5. The summed E-state index contributed by atoms with van der Waals surface area (Å²) in [5.74, 6) is 0.814. The minimum absolute atomic E-state index is 0.746. The smallest absolute Gasteiger partial charge is 0.191 e. The number of hydrogen-bond acceptors (Lipinski definition) is 4. The van der Waals surface area contributed by atoms with Crippen LogP contribution in [-0.2, 0) is 30.9 Å². The van der Waals surface area contributed by atoms with Gasteiger partial charge >= 0.3 is 0 Å². The number of nitrogens with one attached hydrogen (secondary N) is 2. The summed E-state index contributed by atoms with van der Waals surface area (Å²) >= 11 is 0. The lowest BCUT2D eigenvalue weighted by atomic mass is 10.1. The largest absolute Gasteiger partial charge is 0.379 e. The van der Waals surface area contributed by atoms with E-state index in [2.05, 4.69) is 88.1 Å². The Morgan fingerprint density at radius 2 is 1.67 bits per heavy atom. The van der Waals surface area contributed by atoms with Gasteiger partial charge in [0.1, 0.15) is 0 Å². The minimum atomic E-state index is 0.746. The van der Waals surface area contributed by atoms with Crippen LogP contribution in [0.5, 0.6) is 0 Å². The molecule has 6 heteroatoms. The van der Waals surface area contributed by atoms with Gasteiger partial charge in [-0.15, -0.1) is 0 Å². The highest BCUT2D eigenvalue weighted by atomic mass is 16.5. The third-order valence-corrected chi connectivity index (χ3v) is 5.24. The molecule has 0 aliphatic carbocycles. The van der Waals surface area contributed by atoms with Crippen LogP contribution in [0.1, 0.15) is 22.3 Å². The maximum Gasteiger partial charge on any atom is 0.191 e. The number of aliphatic imine (C=N–C) groups is 1. The topological polar surface area (TPSA) is 52.1 Å². The van der Waals surface area contributed by atoms with Crippen molar-refractivity contribution < 1.29 is 4.74 Å². The molecule has 0 radical (unpaired) electrons. The van der Waals surface area contributed by atoms with Crippen molar-refractivity contribution in [1.82, 2.24) is 20.4 Å². The van der Waals surface area contributed by atoms with Crippen molar-refractivity contribution >= 4 is 5.96 Å². The Morgan fingerprint density at radius 3 is 2.40 bits per heavy atom. The fourth-order valence-electron chi connectivity index (χ4n) is 3.67. The van der Waals surface area contributed by atoms with Crippen molar-refractivity contribution in [1.29, 1.82) is 0 Å². The lowest BCUT2D eigenvalue weighted by Crippen LogP contribution is -2.37. The number of nitrogens with zero attached hydrogens (tertiary/aromatic N) is 3. The van der Waals surface area contributed by atoms with Crippen LogP contribution in [0.15, 0.2) is 53.5 Å². The molecule has 1 heterocycles. The van der Waals surface area contributed by atoms with E-state index in [9.17, 15) is 0 Å². The van der Waals surface area contributed by atoms with Gasteiger partial charge < -0.3 is 20.3 Å². The van der Waals surface area contributed by atoms with E-state index < -0.39 is 0 Å². The summed E-state index contributed by atoms with van der Waals surface area (Å²) in [6.07, 6.45) is 0. The standard InChI is InChI=1S/C24H35N5O/c1-25-24(26-16-20-7-6-8-21(15-20)18-28(2)3)27-17-22-9-4-5-10-23(22)19-29-11-13-30-14-12-29/h4-10,15H,11-14,16-19H2,1-3H3,(H2,25,26,27). The molecule has 1 saturated heterocycles. The summed E-state index contributed by atoms with van der Waals surface area (Å²) in [7, 11) is 6.00. The Hall–Kier alpha value is -2.41. The molecule has 2 aromatic rings. The van der Waals surface area contributed by atoms with E-state index in [4.69, 9.17) is 4.74 Å². The van der Waals surface area contributed by atoms with E-state index in [-0.39, 0.29) is 0 Å². The van der Waals surface area contributed by atoms with Gasteiger partial charge in [-0.2, -0.15) is 0 Å². The van der Waals surface area contributed by atoms with Crippen molar-refractivity contribution in [3.8, 4) is 0 Å². The molecule has 1 aliphatic heterocycles. The zero-order valence-corrected chi connectivity index (χ0v) is 18.5. The predicted octanol–water partition coefficient (Wildman–Crippen LogP) is 2.45. The van der Waals surface area contributed by atoms with Gasteiger partial charge in [-0.3, -0.25) is 9.89 Å². The van der Waals surface area contributed by atoms with Crippen LogP contribution in [0.2, 0.25) is 0 Å². The highest BCUT2D eigenvalue weighted by Crippen LogP contribution is 2.13. The molecule has 6 nitrogen and oxygen atoms in total. The molecule has 1 fully saturated rings. The number of morpholine rings is 1. The third-order valence-electron chi connectivity index (χ3n) is 5.24. The molecule has 0 unspecified atom stereocenters. The van der Waals surface area contributed by atoms with Crippen LogP contribution < -0.4 is 10.6 Å². The number of rotatable bonds is 8. The van der Waals surface area contributed by atoms with Crippen molar-refractivity contribution in [3.05, 3.63) is 70.8 Å². The van der Waals surface area contributed by atoms with Crippen molar-refractivity contribution in [2.24, 2.45) is 4.99 Å². The summed E-state index contributed by atoms with van der Waals surface area (Å²) in [6.45, 7) is 7.05. The second-order valence-corrected chi connectivity index (χ2v) is 7.99. The molecule has 0 bridgehead atoms. The minimum Gasteiger partial charge on any atom is -0.379 e. The van der Waals surface area contributed by atoms with Crippen LogP contribution in [0.4, 0.5) is 0 Å². The molecule has 3 rings (SSSR count). The van der Waals surface area contributed by atoms with Crippen LogP contribution >= 0.6 is 0 Å². The van der Waals surface area contributed by atoms with E-state index in [1.54, 1.807) is 0 Å². The summed E-state index contributed by atoms with van der Waals surface area (Å²) in [5, 5.41) is 6.90. The van der Waals surface area contributed by atoms with Gasteiger partial charge in [0.05, 0.1) is 13.2 Å². The Balaban J connectivity index is 1.53. The molecule has 2 N–H and O–H groups in total. The second-order valence-electron chi connectivity index (χ2n) is 7.99. The molecule has 0 spiro atoms. The van der Waals surface area contributed by atoms with Gasteiger partial charge in [0.15, 0.2) is 5.96 Å². The van der Waals surface area contributed by atoms with Crippen molar-refractivity contribution in [2.75, 3.05) is 47.4 Å². The summed E-state index contributed by atoms with van der Waals surface area (Å²) in [4.78, 5) is 9.03. The molecular weight excluding hydrogens is 374 g/mol. The summed E-state index contributed by atoms with van der Waals surface area (Å²) in [6, 6.07) is 17.3. The lowest BCUT2D eigenvalue weighted by Gasteiger charge is -2.27. The van der Waals surface area contributed by atoms with Gasteiger partial charge in [0.25, 0.3) is 0 Å². The SMILES string of the molecule is CN=C(NCc1cccc(CN(C)C)c1)NCc1ccccc1CN1CCOCC1. The fourth-order valence-corrected chi connectivity index (χ4v) is 3.67. The second kappa shape index (κ2) is 11.7. The average molecular weight is 410 g/mol. The van der Waals surface area contributed by atoms with Crippen molar-refractivity contribution in [2.45, 2.75) is 26.2 Å². The Bertz CT molecular complexity index is 815. The highest BCUT2D eigenvalue weighted by molar-refractivity contribution is 5.79. The Kier molecular flexibility index (Phi) is 8.68. The molecule has 1 aliphatic rings. The average Bonchev–Trinajstić information content (AvgIpc) is 2.75. The van der Waals surface area contributed by atoms with Crippen LogP contribution in [0.3, 0.4) is 0 Å². The van der Waals surface area contributed by atoms with E-state index >= 15 is 0 Å². The number of benzene rings is 2. The predicted molar refractivity (Wildman–Crippen MR) is 123 cm³/mol. The number of ether oxygens (including phenoxy) is 1. The first-order chi connectivity index (χ1) is 14.6. The van der Waals surface area contributed by atoms with E-state index in [0.29, 0.717) is 0 Å². The molecule has 162 valence electrons. The molecule has 2 aromatic carbocycles. The Labute approximate surface area is 180 Å². The first-order valence-electron chi connectivity index (χ1n) is 10.7. The number of guanidine groups is 1. The first kappa shape index (κ1) is 22.3. The molecule has 0 aromatic heterocycles. The lowest BCUT2D eigenvalue weighted by molar-refractivity contribution is 0.0341. The Morgan fingerprint density at radius 1 is 0.967 bits per heavy atom. The monoisotopic (exact) mass is 409 g/mol. The van der Waals surface area contributed by atoms with Gasteiger partial charge in [-0.25, -0.2) is 0 Å². The molecular formula is C24H35N5O. The molecule has 0 amide bonds. The number of hydrogen-bond donors (Lipinski definition) is 2. The first-order valence-corrected chi connectivity index (χ1v) is 10.7. The summed E-state index contributed by atoms with van der Waals surface area (Å²) in [5.41, 5.74) is 5.24. The summed E-state index contributed by atoms with van der Waals surface area (Å²) < 4.78 is 5.47. The quantitative estimate of drug-likeness (QED) is 0.518. The van der Waals surface area contributed by atoms with Crippen LogP contribution in [0.25, 0.3) is 0 Å². The molecule has 0 saturated carbocycles. The maximum absolute atomic E-state index is 5.47. The van der Waals surface area contributed by atoms with E-state index in [1.807, 2.05) is 7.05 Å². The molecule has 30 heavy (non-hydrogen) atoms. The van der Waals surface area contributed by atoms with E-state index in [0.717, 1.165) is 58.4 Å². The highest BCUT2D eigenvalue weighted by Gasteiger charge is 2.12.